The highest BCUT2D eigenvalue weighted by Gasteiger charge is 2.32. The summed E-state index contributed by atoms with van der Waals surface area (Å²) in [4.78, 5) is 0. The lowest BCUT2D eigenvalue weighted by Gasteiger charge is -2.32. The number of hydrogen-bond donors (Lipinski definition) is 0. The molecule has 4 nitrogen and oxygen atoms in total. The maximum atomic E-state index is 12.7. The number of nitrogens with zero attached hydrogens (tertiary/aromatic N) is 1. The zero-order chi connectivity index (χ0) is 19.7. The Morgan fingerprint density at radius 2 is 1.70 bits per heavy atom. The van der Waals surface area contributed by atoms with Crippen molar-refractivity contribution >= 4 is 10.0 Å². The number of hydrogen-bond acceptors (Lipinski definition) is 3. The van der Waals surface area contributed by atoms with Crippen molar-refractivity contribution in [1.82, 2.24) is 4.31 Å². The fourth-order valence-corrected chi connectivity index (χ4v) is 4.46. The van der Waals surface area contributed by atoms with E-state index >= 15 is 0 Å². The molecule has 1 atom stereocenters. The Hall–Kier alpha value is -1.90. The van der Waals surface area contributed by atoms with Crippen LogP contribution in [0.2, 0.25) is 0 Å². The lowest BCUT2D eigenvalue weighted by Crippen LogP contribution is -2.42. The fourth-order valence-electron chi connectivity index (χ4n) is 2.95. The molecule has 0 saturated carbocycles. The van der Waals surface area contributed by atoms with Gasteiger partial charge in [-0.05, 0) is 30.2 Å². The van der Waals surface area contributed by atoms with E-state index in [4.69, 9.17) is 4.74 Å². The molecule has 8 heteroatoms. The van der Waals surface area contributed by atoms with E-state index in [1.807, 2.05) is 31.2 Å². The van der Waals surface area contributed by atoms with E-state index in [2.05, 4.69) is 0 Å². The first-order chi connectivity index (χ1) is 12.6. The van der Waals surface area contributed by atoms with Crippen molar-refractivity contribution in [3.63, 3.8) is 0 Å². The topological polar surface area (TPSA) is 46.6 Å². The molecule has 1 aliphatic rings. The number of alkyl halides is 3. The van der Waals surface area contributed by atoms with Crippen LogP contribution in [0, 0.1) is 6.92 Å². The van der Waals surface area contributed by atoms with Crippen molar-refractivity contribution in [2.75, 3.05) is 19.7 Å². The summed E-state index contributed by atoms with van der Waals surface area (Å²) in [6, 6.07) is 11.9. The molecule has 1 heterocycles. The smallest absolute Gasteiger partial charge is 0.371 e. The highest BCUT2D eigenvalue weighted by molar-refractivity contribution is 7.88. The van der Waals surface area contributed by atoms with Crippen LogP contribution in [0.25, 0.3) is 0 Å². The first-order valence-corrected chi connectivity index (χ1v) is 10.1. The second-order valence-electron chi connectivity index (χ2n) is 6.58. The number of halogens is 3. The molecule has 0 spiro atoms. The molecule has 2 aromatic carbocycles. The summed E-state index contributed by atoms with van der Waals surface area (Å²) >= 11 is 0. The van der Waals surface area contributed by atoms with Crippen LogP contribution >= 0.6 is 0 Å². The molecular weight excluding hydrogens is 379 g/mol. The van der Waals surface area contributed by atoms with Crippen LogP contribution in [0.15, 0.2) is 48.5 Å². The molecular formula is C19H20F3NO3S. The van der Waals surface area contributed by atoms with E-state index < -0.39 is 21.8 Å². The van der Waals surface area contributed by atoms with Gasteiger partial charge in [-0.25, -0.2) is 8.42 Å². The van der Waals surface area contributed by atoms with Crippen LogP contribution in [0.3, 0.4) is 0 Å². The third kappa shape index (κ3) is 4.88. The Balaban J connectivity index is 1.71. The Kier molecular flexibility index (Phi) is 5.60. The zero-order valence-corrected chi connectivity index (χ0v) is 15.6. The van der Waals surface area contributed by atoms with Gasteiger partial charge in [-0.3, -0.25) is 0 Å². The van der Waals surface area contributed by atoms with Crippen molar-refractivity contribution in [1.29, 1.82) is 0 Å². The third-order valence-electron chi connectivity index (χ3n) is 4.50. The van der Waals surface area contributed by atoms with E-state index in [1.54, 1.807) is 0 Å². The second kappa shape index (κ2) is 7.61. The first kappa shape index (κ1) is 19.9. The highest BCUT2D eigenvalue weighted by atomic mass is 32.2. The fraction of sp³-hybridized carbons (Fsp3) is 0.368. The molecule has 0 bridgehead atoms. The van der Waals surface area contributed by atoms with E-state index in [0.29, 0.717) is 5.56 Å². The highest BCUT2D eigenvalue weighted by Crippen LogP contribution is 2.30. The van der Waals surface area contributed by atoms with Crippen molar-refractivity contribution < 1.29 is 26.3 Å². The lowest BCUT2D eigenvalue weighted by atomic mass is 10.1. The molecule has 3 rings (SSSR count). The number of rotatable bonds is 4. The van der Waals surface area contributed by atoms with Gasteiger partial charge in [0.25, 0.3) is 0 Å². The summed E-state index contributed by atoms with van der Waals surface area (Å²) in [6.45, 7) is 2.65. The summed E-state index contributed by atoms with van der Waals surface area (Å²) < 4.78 is 70.4. The Bertz CT molecular complexity index is 878. The molecule has 1 saturated heterocycles. The third-order valence-corrected chi connectivity index (χ3v) is 6.32. The van der Waals surface area contributed by atoms with Crippen molar-refractivity contribution in [2.45, 2.75) is 25.0 Å². The van der Waals surface area contributed by atoms with Crippen LogP contribution in [0.4, 0.5) is 13.2 Å². The SMILES string of the molecule is Cc1ccc(C2CN(S(=O)(=O)Cc3ccc(C(F)(F)F)cc3)CCO2)cc1. The first-order valence-electron chi connectivity index (χ1n) is 8.47. The summed E-state index contributed by atoms with van der Waals surface area (Å²) in [6.07, 6.45) is -4.80. The van der Waals surface area contributed by atoms with Gasteiger partial charge in [-0.1, -0.05) is 42.0 Å². The summed E-state index contributed by atoms with van der Waals surface area (Å²) in [5.74, 6) is -0.342. The number of benzene rings is 2. The van der Waals surface area contributed by atoms with Gasteiger partial charge in [0, 0.05) is 13.1 Å². The van der Waals surface area contributed by atoms with Gasteiger partial charge in [0.05, 0.1) is 24.0 Å². The summed E-state index contributed by atoms with van der Waals surface area (Å²) in [5.41, 5.74) is 1.52. The van der Waals surface area contributed by atoms with E-state index in [-0.39, 0.29) is 31.6 Å². The molecule has 1 fully saturated rings. The average molecular weight is 399 g/mol. The van der Waals surface area contributed by atoms with Gasteiger partial charge in [0.1, 0.15) is 0 Å². The van der Waals surface area contributed by atoms with Crippen LogP contribution < -0.4 is 0 Å². The number of ether oxygens (including phenoxy) is 1. The van der Waals surface area contributed by atoms with Gasteiger partial charge in [0.2, 0.25) is 10.0 Å². The minimum atomic E-state index is -4.44. The second-order valence-corrected chi connectivity index (χ2v) is 8.55. The summed E-state index contributed by atoms with van der Waals surface area (Å²) in [5, 5.41) is 0. The Labute approximate surface area is 156 Å². The van der Waals surface area contributed by atoms with Crippen LogP contribution in [0.5, 0.6) is 0 Å². The predicted molar refractivity (Wildman–Crippen MR) is 95.5 cm³/mol. The van der Waals surface area contributed by atoms with Crippen LogP contribution in [-0.4, -0.2) is 32.4 Å². The van der Waals surface area contributed by atoms with Crippen molar-refractivity contribution in [3.05, 3.63) is 70.8 Å². The van der Waals surface area contributed by atoms with Crippen LogP contribution in [-0.2, 0) is 26.7 Å². The number of sulfonamides is 1. The molecule has 1 aliphatic heterocycles. The molecule has 0 amide bonds. The lowest BCUT2D eigenvalue weighted by molar-refractivity contribution is -0.137. The maximum absolute atomic E-state index is 12.7. The predicted octanol–water partition coefficient (Wildman–Crippen LogP) is 3.92. The standard InChI is InChI=1S/C19H20F3NO3S/c1-14-2-6-16(7-3-14)18-12-23(10-11-26-18)27(24,25)13-15-4-8-17(9-5-15)19(20,21)22/h2-9,18H,10-13H2,1H3. The molecule has 1 unspecified atom stereocenters. The largest absolute Gasteiger partial charge is 0.416 e. The van der Waals surface area contributed by atoms with Gasteiger partial charge in [-0.2, -0.15) is 17.5 Å². The van der Waals surface area contributed by atoms with E-state index in [1.165, 1.54) is 16.4 Å². The Morgan fingerprint density at radius 1 is 1.07 bits per heavy atom. The van der Waals surface area contributed by atoms with Gasteiger partial charge >= 0.3 is 6.18 Å². The zero-order valence-electron chi connectivity index (χ0n) is 14.7. The molecule has 0 N–H and O–H groups in total. The van der Waals surface area contributed by atoms with Gasteiger partial charge in [0.15, 0.2) is 0 Å². The van der Waals surface area contributed by atoms with Crippen molar-refractivity contribution in [2.24, 2.45) is 0 Å². The Morgan fingerprint density at radius 3 is 2.30 bits per heavy atom. The van der Waals surface area contributed by atoms with E-state index in [9.17, 15) is 21.6 Å². The normalized spacial score (nSPS) is 19.2. The van der Waals surface area contributed by atoms with Gasteiger partial charge < -0.3 is 4.74 Å². The van der Waals surface area contributed by atoms with E-state index in [0.717, 1.165) is 23.3 Å². The average Bonchev–Trinajstić information content (AvgIpc) is 2.62. The molecule has 146 valence electrons. The van der Waals surface area contributed by atoms with Crippen LogP contribution in [0.1, 0.15) is 28.4 Å². The maximum Gasteiger partial charge on any atom is 0.416 e. The molecule has 27 heavy (non-hydrogen) atoms. The van der Waals surface area contributed by atoms with Crippen molar-refractivity contribution in [3.8, 4) is 0 Å². The number of morpholine rings is 1. The van der Waals surface area contributed by atoms with Gasteiger partial charge in [-0.15, -0.1) is 0 Å². The number of aryl methyl sites for hydroxylation is 1. The minimum absolute atomic E-state index is 0.187. The molecule has 0 radical (unpaired) electrons. The monoisotopic (exact) mass is 399 g/mol. The molecule has 0 aromatic heterocycles. The molecule has 0 aliphatic carbocycles. The minimum Gasteiger partial charge on any atom is -0.371 e. The quantitative estimate of drug-likeness (QED) is 0.783. The summed E-state index contributed by atoms with van der Waals surface area (Å²) in [7, 11) is -3.66. The molecule has 2 aromatic rings.